The Bertz CT molecular complexity index is 68.6. The van der Waals surface area contributed by atoms with Gasteiger partial charge in [-0.05, 0) is 13.5 Å². The molecule has 0 radical (unpaired) electrons. The smallest absolute Gasteiger partial charge is 0.0771 e. The Labute approximate surface area is 62.4 Å². The quantitative estimate of drug-likeness (QED) is 0.519. The van der Waals surface area contributed by atoms with Crippen LogP contribution in [0.25, 0.3) is 0 Å². The van der Waals surface area contributed by atoms with E-state index in [1.165, 1.54) is 0 Å². The molecule has 0 bridgehead atoms. The first kappa shape index (κ1) is 9.88. The summed E-state index contributed by atoms with van der Waals surface area (Å²) in [6.07, 6.45) is 0.469. The van der Waals surface area contributed by atoms with Gasteiger partial charge < -0.3 is 15.2 Å². The lowest BCUT2D eigenvalue weighted by Gasteiger charge is -2.07. The van der Waals surface area contributed by atoms with Gasteiger partial charge in [0.15, 0.2) is 0 Å². The van der Waals surface area contributed by atoms with Gasteiger partial charge in [-0.15, -0.1) is 0 Å². The second-order valence-electron chi connectivity index (χ2n) is 2.24. The molecule has 2 N–H and O–H groups in total. The fourth-order valence-electron chi connectivity index (χ4n) is 0.511. The number of nitrogens with one attached hydrogen (secondary N) is 1. The van der Waals surface area contributed by atoms with Gasteiger partial charge in [0.2, 0.25) is 0 Å². The molecule has 3 heteroatoms. The molecule has 0 aliphatic carbocycles. The van der Waals surface area contributed by atoms with E-state index < -0.39 is 0 Å². The summed E-state index contributed by atoms with van der Waals surface area (Å²) in [6, 6.07) is 0. The molecule has 1 atom stereocenters. The standard InChI is InChI=1S/C7H17NO2/c1-3-7(9)6-10-5-4-8-2/h7-9H,3-6H2,1-2H3. The summed E-state index contributed by atoms with van der Waals surface area (Å²) in [5, 5.41) is 12.0. The van der Waals surface area contributed by atoms with Crippen molar-refractivity contribution in [1.29, 1.82) is 0 Å². The molecule has 0 saturated carbocycles. The number of aliphatic hydroxyl groups is 1. The average molecular weight is 147 g/mol. The van der Waals surface area contributed by atoms with Crippen LogP contribution in [0.2, 0.25) is 0 Å². The summed E-state index contributed by atoms with van der Waals surface area (Å²) < 4.78 is 5.11. The third-order valence-corrected chi connectivity index (χ3v) is 1.28. The second kappa shape index (κ2) is 6.99. The Morgan fingerprint density at radius 3 is 2.80 bits per heavy atom. The number of ether oxygens (including phenoxy) is 1. The number of rotatable bonds is 6. The van der Waals surface area contributed by atoms with Gasteiger partial charge in [-0.3, -0.25) is 0 Å². The van der Waals surface area contributed by atoms with Crippen LogP contribution in [0.1, 0.15) is 13.3 Å². The zero-order valence-corrected chi connectivity index (χ0v) is 6.76. The van der Waals surface area contributed by atoms with Crippen molar-refractivity contribution in [2.45, 2.75) is 19.4 Å². The first-order valence-corrected chi connectivity index (χ1v) is 3.71. The van der Waals surface area contributed by atoms with Crippen molar-refractivity contribution in [2.24, 2.45) is 0 Å². The molecule has 3 nitrogen and oxygen atoms in total. The average Bonchev–Trinajstić information content (AvgIpc) is 1.98. The maximum atomic E-state index is 9.01. The van der Waals surface area contributed by atoms with Crippen LogP contribution in [0.15, 0.2) is 0 Å². The molecule has 0 saturated heterocycles. The molecule has 0 heterocycles. The van der Waals surface area contributed by atoms with Crippen LogP contribution in [0.3, 0.4) is 0 Å². The third-order valence-electron chi connectivity index (χ3n) is 1.28. The molecular weight excluding hydrogens is 130 g/mol. The van der Waals surface area contributed by atoms with E-state index in [-0.39, 0.29) is 6.10 Å². The molecule has 0 aromatic heterocycles. The van der Waals surface area contributed by atoms with Crippen molar-refractivity contribution >= 4 is 0 Å². The Morgan fingerprint density at radius 2 is 2.30 bits per heavy atom. The van der Waals surface area contributed by atoms with Gasteiger partial charge in [0, 0.05) is 6.54 Å². The van der Waals surface area contributed by atoms with E-state index in [0.29, 0.717) is 13.2 Å². The lowest BCUT2D eigenvalue weighted by molar-refractivity contribution is 0.0368. The highest BCUT2D eigenvalue weighted by atomic mass is 16.5. The summed E-state index contributed by atoms with van der Waals surface area (Å²) in [7, 11) is 1.87. The van der Waals surface area contributed by atoms with Gasteiger partial charge in [0.05, 0.1) is 19.3 Å². The molecule has 1 unspecified atom stereocenters. The van der Waals surface area contributed by atoms with E-state index in [1.807, 2.05) is 14.0 Å². The molecule has 0 aromatic rings. The van der Waals surface area contributed by atoms with E-state index in [0.717, 1.165) is 13.0 Å². The molecular formula is C7H17NO2. The maximum absolute atomic E-state index is 9.01. The first-order valence-electron chi connectivity index (χ1n) is 3.71. The predicted octanol–water partition coefficient (Wildman–Crippen LogP) is -0.00670. The van der Waals surface area contributed by atoms with Gasteiger partial charge in [0.1, 0.15) is 0 Å². The van der Waals surface area contributed by atoms with E-state index in [1.54, 1.807) is 0 Å². The predicted molar refractivity (Wildman–Crippen MR) is 41.0 cm³/mol. The minimum Gasteiger partial charge on any atom is -0.391 e. The van der Waals surface area contributed by atoms with Crippen molar-refractivity contribution in [3.05, 3.63) is 0 Å². The Hall–Kier alpha value is -0.120. The van der Waals surface area contributed by atoms with Crippen LogP contribution in [-0.4, -0.2) is 38.0 Å². The minimum atomic E-state index is -0.295. The lowest BCUT2D eigenvalue weighted by atomic mass is 10.3. The highest BCUT2D eigenvalue weighted by Gasteiger charge is 1.98. The number of likely N-dealkylation sites (N-methyl/N-ethyl adjacent to an activating group) is 1. The van der Waals surface area contributed by atoms with Crippen LogP contribution in [0.5, 0.6) is 0 Å². The summed E-state index contributed by atoms with van der Waals surface area (Å²) in [6.45, 7) is 3.91. The van der Waals surface area contributed by atoms with Gasteiger partial charge in [-0.2, -0.15) is 0 Å². The molecule has 0 aliphatic rings. The van der Waals surface area contributed by atoms with Crippen molar-refractivity contribution in [3.8, 4) is 0 Å². The molecule has 0 aliphatic heterocycles. The number of aliphatic hydroxyl groups excluding tert-OH is 1. The van der Waals surface area contributed by atoms with Crippen LogP contribution >= 0.6 is 0 Å². The summed E-state index contributed by atoms with van der Waals surface area (Å²) in [4.78, 5) is 0. The highest BCUT2D eigenvalue weighted by molar-refractivity contribution is 4.48. The van der Waals surface area contributed by atoms with Crippen LogP contribution in [0, 0.1) is 0 Å². The molecule has 0 spiro atoms. The molecule has 0 amide bonds. The van der Waals surface area contributed by atoms with E-state index in [4.69, 9.17) is 9.84 Å². The Balaban J connectivity index is 2.89. The zero-order valence-electron chi connectivity index (χ0n) is 6.76. The van der Waals surface area contributed by atoms with Crippen LogP contribution in [-0.2, 0) is 4.74 Å². The van der Waals surface area contributed by atoms with E-state index >= 15 is 0 Å². The molecule has 62 valence electrons. The van der Waals surface area contributed by atoms with Gasteiger partial charge in [-0.25, -0.2) is 0 Å². The van der Waals surface area contributed by atoms with E-state index in [2.05, 4.69) is 5.32 Å². The maximum Gasteiger partial charge on any atom is 0.0771 e. The zero-order chi connectivity index (χ0) is 7.82. The number of hydrogen-bond acceptors (Lipinski definition) is 3. The number of hydrogen-bond donors (Lipinski definition) is 2. The van der Waals surface area contributed by atoms with Gasteiger partial charge in [-0.1, -0.05) is 6.92 Å². The van der Waals surface area contributed by atoms with Crippen molar-refractivity contribution in [1.82, 2.24) is 5.32 Å². The summed E-state index contributed by atoms with van der Waals surface area (Å²) in [5.41, 5.74) is 0. The Morgan fingerprint density at radius 1 is 1.60 bits per heavy atom. The third kappa shape index (κ3) is 6.01. The monoisotopic (exact) mass is 147 g/mol. The van der Waals surface area contributed by atoms with Crippen molar-refractivity contribution < 1.29 is 9.84 Å². The molecule has 0 rings (SSSR count). The van der Waals surface area contributed by atoms with Gasteiger partial charge in [0.25, 0.3) is 0 Å². The normalized spacial score (nSPS) is 13.5. The topological polar surface area (TPSA) is 41.5 Å². The molecule has 0 aromatic carbocycles. The van der Waals surface area contributed by atoms with E-state index in [9.17, 15) is 0 Å². The molecule has 0 fully saturated rings. The van der Waals surface area contributed by atoms with Gasteiger partial charge >= 0.3 is 0 Å². The van der Waals surface area contributed by atoms with Crippen LogP contribution < -0.4 is 5.32 Å². The van der Waals surface area contributed by atoms with Crippen molar-refractivity contribution in [2.75, 3.05) is 26.8 Å². The molecule has 10 heavy (non-hydrogen) atoms. The minimum absolute atomic E-state index is 0.295. The largest absolute Gasteiger partial charge is 0.391 e. The fraction of sp³-hybridized carbons (Fsp3) is 1.00. The highest BCUT2D eigenvalue weighted by Crippen LogP contribution is 1.89. The Kier molecular flexibility index (Phi) is 6.91. The summed E-state index contributed by atoms with van der Waals surface area (Å²) in [5.74, 6) is 0. The fourth-order valence-corrected chi connectivity index (χ4v) is 0.511. The first-order chi connectivity index (χ1) is 4.81. The second-order valence-corrected chi connectivity index (χ2v) is 2.24. The SMILES string of the molecule is CCC(O)COCCNC. The summed E-state index contributed by atoms with van der Waals surface area (Å²) >= 11 is 0. The van der Waals surface area contributed by atoms with Crippen molar-refractivity contribution in [3.63, 3.8) is 0 Å². The lowest BCUT2D eigenvalue weighted by Crippen LogP contribution is -2.19. The van der Waals surface area contributed by atoms with Crippen LogP contribution in [0.4, 0.5) is 0 Å².